The first-order valence-corrected chi connectivity index (χ1v) is 11.0. The summed E-state index contributed by atoms with van der Waals surface area (Å²) in [4.78, 5) is 12.2. The first kappa shape index (κ1) is 21.9. The molecule has 0 radical (unpaired) electrons. The Morgan fingerprint density at radius 3 is 2.09 bits per heavy atom. The molecule has 0 amide bonds. The molecule has 0 saturated heterocycles. The highest BCUT2D eigenvalue weighted by atomic mass is 16.3. The summed E-state index contributed by atoms with van der Waals surface area (Å²) in [5.41, 5.74) is 7.83. The average Bonchev–Trinajstić information content (AvgIpc) is 2.97. The Bertz CT molecular complexity index is 1300. The molecule has 2 aromatic carbocycles. The van der Waals surface area contributed by atoms with Gasteiger partial charge in [-0.05, 0) is 51.9 Å². The Morgan fingerprint density at radius 2 is 1.56 bits per heavy atom. The normalized spacial score (nSPS) is 16.1. The number of rotatable bonds is 4. The van der Waals surface area contributed by atoms with Crippen LogP contribution in [0.1, 0.15) is 61.1 Å². The minimum atomic E-state index is -0.236. The lowest BCUT2D eigenvalue weighted by atomic mass is 9.67. The van der Waals surface area contributed by atoms with Crippen LogP contribution in [0.3, 0.4) is 0 Å². The van der Waals surface area contributed by atoms with Crippen LogP contribution < -0.4 is 5.69 Å². The van der Waals surface area contributed by atoms with Crippen LogP contribution in [0.2, 0.25) is 0 Å². The summed E-state index contributed by atoms with van der Waals surface area (Å²) in [5.74, 6) is -0.0322. The monoisotopic (exact) mass is 428 g/mol. The van der Waals surface area contributed by atoms with E-state index in [9.17, 15) is 9.90 Å². The van der Waals surface area contributed by atoms with Gasteiger partial charge in [-0.3, -0.25) is 9.13 Å². The summed E-state index contributed by atoms with van der Waals surface area (Å²) >= 11 is 0. The van der Waals surface area contributed by atoms with Gasteiger partial charge in [-0.25, -0.2) is 4.79 Å². The molecule has 0 saturated carbocycles. The van der Waals surface area contributed by atoms with Crippen molar-refractivity contribution in [2.75, 3.05) is 0 Å². The molecule has 1 aromatic heterocycles. The Labute approximate surface area is 190 Å². The number of aromatic nitrogens is 2. The fraction of sp³-hybridized carbons (Fsp3) is 0.321. The molecule has 32 heavy (non-hydrogen) atoms. The molecule has 4 heteroatoms. The van der Waals surface area contributed by atoms with Gasteiger partial charge in [0.2, 0.25) is 5.88 Å². The third-order valence-corrected chi connectivity index (χ3v) is 6.76. The lowest BCUT2D eigenvalue weighted by Crippen LogP contribution is -2.29. The summed E-state index contributed by atoms with van der Waals surface area (Å²) in [7, 11) is 1.63. The quantitative estimate of drug-likeness (QED) is 0.563. The van der Waals surface area contributed by atoms with Crippen LogP contribution in [-0.2, 0) is 24.4 Å². The second-order valence-electron chi connectivity index (χ2n) is 10.1. The van der Waals surface area contributed by atoms with Crippen LogP contribution in [0.25, 0.3) is 5.57 Å². The molecule has 0 fully saturated rings. The standard InChI is InChI=1S/C28H32N2O2/c1-18-14-23-24(28(5,6)13-12-27(23,3)4)15-22(18)19(2)21-10-8-20(9-11-21)16-30-25(31)17-29(7)26(30)32/h8-15,17,31H,2,16H2,1,3-7H3. The average molecular weight is 429 g/mol. The van der Waals surface area contributed by atoms with Gasteiger partial charge < -0.3 is 5.11 Å². The van der Waals surface area contributed by atoms with Crippen molar-refractivity contribution in [1.29, 1.82) is 0 Å². The van der Waals surface area contributed by atoms with Gasteiger partial charge in [-0.15, -0.1) is 0 Å². The minimum Gasteiger partial charge on any atom is -0.493 e. The highest BCUT2D eigenvalue weighted by Crippen LogP contribution is 2.43. The van der Waals surface area contributed by atoms with Gasteiger partial charge in [0.1, 0.15) is 0 Å². The van der Waals surface area contributed by atoms with Crippen molar-refractivity contribution in [3.8, 4) is 5.88 Å². The van der Waals surface area contributed by atoms with E-state index in [1.165, 1.54) is 32.0 Å². The van der Waals surface area contributed by atoms with Crippen LogP contribution in [0.15, 0.2) is 66.1 Å². The van der Waals surface area contributed by atoms with Gasteiger partial charge >= 0.3 is 5.69 Å². The second kappa shape index (κ2) is 7.40. The van der Waals surface area contributed by atoms with E-state index in [1.807, 2.05) is 24.3 Å². The van der Waals surface area contributed by atoms with E-state index < -0.39 is 0 Å². The maximum Gasteiger partial charge on any atom is 0.331 e. The number of aromatic hydroxyl groups is 1. The van der Waals surface area contributed by atoms with Crippen molar-refractivity contribution in [3.63, 3.8) is 0 Å². The summed E-state index contributed by atoms with van der Waals surface area (Å²) in [6.07, 6.45) is 6.06. The summed E-state index contributed by atoms with van der Waals surface area (Å²) in [5, 5.41) is 9.99. The van der Waals surface area contributed by atoms with Gasteiger partial charge in [0.15, 0.2) is 0 Å². The maximum absolute atomic E-state index is 12.2. The van der Waals surface area contributed by atoms with E-state index in [2.05, 4.69) is 65.5 Å². The molecule has 0 spiro atoms. The van der Waals surface area contributed by atoms with Crippen molar-refractivity contribution < 1.29 is 5.11 Å². The molecule has 0 bridgehead atoms. The molecule has 1 aliphatic rings. The predicted molar refractivity (Wildman–Crippen MR) is 131 cm³/mol. The molecule has 0 aliphatic heterocycles. The van der Waals surface area contributed by atoms with Crippen molar-refractivity contribution in [3.05, 3.63) is 105 Å². The topological polar surface area (TPSA) is 47.2 Å². The molecule has 3 aromatic rings. The van der Waals surface area contributed by atoms with Crippen molar-refractivity contribution in [2.24, 2.45) is 7.05 Å². The van der Waals surface area contributed by atoms with Crippen molar-refractivity contribution in [2.45, 2.75) is 52.0 Å². The Balaban J connectivity index is 1.66. The van der Waals surface area contributed by atoms with Crippen LogP contribution in [0, 0.1) is 6.92 Å². The number of hydrogen-bond acceptors (Lipinski definition) is 2. The SMILES string of the molecule is C=C(c1ccc(Cn2c(O)cn(C)c2=O)cc1)c1cc2c(cc1C)C(C)(C)C=CC2(C)C. The zero-order valence-corrected chi connectivity index (χ0v) is 19.9. The second-order valence-corrected chi connectivity index (χ2v) is 10.1. The smallest absolute Gasteiger partial charge is 0.331 e. The van der Waals surface area contributed by atoms with E-state index in [0.29, 0.717) is 6.54 Å². The van der Waals surface area contributed by atoms with Gasteiger partial charge in [0.05, 0.1) is 12.7 Å². The predicted octanol–water partition coefficient (Wildman–Crippen LogP) is 5.44. The van der Waals surface area contributed by atoms with Crippen molar-refractivity contribution in [1.82, 2.24) is 9.13 Å². The van der Waals surface area contributed by atoms with E-state index in [-0.39, 0.29) is 22.4 Å². The summed E-state index contributed by atoms with van der Waals surface area (Å²) < 4.78 is 2.73. The number of hydrogen-bond donors (Lipinski definition) is 1. The minimum absolute atomic E-state index is 0.0121. The van der Waals surface area contributed by atoms with Gasteiger partial charge in [-0.2, -0.15) is 0 Å². The molecule has 1 N–H and O–H groups in total. The highest BCUT2D eigenvalue weighted by Gasteiger charge is 2.33. The number of nitrogens with zero attached hydrogens (tertiary/aromatic N) is 2. The molecular weight excluding hydrogens is 396 g/mol. The van der Waals surface area contributed by atoms with Crippen molar-refractivity contribution >= 4 is 5.57 Å². The van der Waals surface area contributed by atoms with Crippen LogP contribution in [0.4, 0.5) is 0 Å². The van der Waals surface area contributed by atoms with E-state index >= 15 is 0 Å². The number of benzene rings is 2. The number of imidazole rings is 1. The Morgan fingerprint density at radius 1 is 1.00 bits per heavy atom. The van der Waals surface area contributed by atoms with E-state index in [1.54, 1.807) is 7.05 Å². The molecule has 1 aliphatic carbocycles. The largest absolute Gasteiger partial charge is 0.493 e. The zero-order valence-electron chi connectivity index (χ0n) is 19.9. The van der Waals surface area contributed by atoms with E-state index in [4.69, 9.17) is 0 Å². The fourth-order valence-electron chi connectivity index (χ4n) is 4.58. The van der Waals surface area contributed by atoms with Gasteiger partial charge in [0, 0.05) is 17.9 Å². The molecule has 4 nitrogen and oxygen atoms in total. The van der Waals surface area contributed by atoms with Gasteiger partial charge in [-0.1, -0.05) is 76.8 Å². The zero-order chi connectivity index (χ0) is 23.4. The molecule has 0 atom stereocenters. The number of aryl methyl sites for hydroxylation is 2. The molecule has 166 valence electrons. The van der Waals surface area contributed by atoms with Gasteiger partial charge in [0.25, 0.3) is 0 Å². The maximum atomic E-state index is 12.2. The lowest BCUT2D eigenvalue weighted by Gasteiger charge is -2.37. The fourth-order valence-corrected chi connectivity index (χ4v) is 4.58. The Hall–Kier alpha value is -3.27. The van der Waals surface area contributed by atoms with Crippen LogP contribution in [0.5, 0.6) is 5.88 Å². The first-order chi connectivity index (χ1) is 14.9. The molecule has 0 unspecified atom stereocenters. The van der Waals surface area contributed by atoms with Crippen LogP contribution in [-0.4, -0.2) is 14.2 Å². The molecule has 1 heterocycles. The first-order valence-electron chi connectivity index (χ1n) is 11.0. The third kappa shape index (κ3) is 3.64. The molecule has 4 rings (SSSR count). The Kier molecular flexibility index (Phi) is 5.08. The lowest BCUT2D eigenvalue weighted by molar-refractivity contribution is 0.421. The third-order valence-electron chi connectivity index (χ3n) is 6.76. The molecular formula is C28H32N2O2. The van der Waals surface area contributed by atoms with Crippen LogP contribution >= 0.6 is 0 Å². The number of allylic oxidation sites excluding steroid dienone is 2. The summed E-state index contributed by atoms with van der Waals surface area (Å²) in [6.45, 7) is 15.9. The summed E-state index contributed by atoms with van der Waals surface area (Å²) in [6, 6.07) is 12.7. The highest BCUT2D eigenvalue weighted by molar-refractivity contribution is 5.81. The number of fused-ring (bicyclic) bond motifs is 1. The van der Waals surface area contributed by atoms with E-state index in [0.717, 1.165) is 22.3 Å².